The van der Waals surface area contributed by atoms with Crippen LogP contribution < -0.4 is 15.5 Å². The van der Waals surface area contributed by atoms with E-state index in [-0.39, 0.29) is 5.69 Å². The summed E-state index contributed by atoms with van der Waals surface area (Å²) < 4.78 is 52.1. The number of nitrogens with zero attached hydrogens (tertiary/aromatic N) is 3. The predicted molar refractivity (Wildman–Crippen MR) is 122 cm³/mol. The number of anilines is 3. The molecule has 0 unspecified atom stereocenters. The van der Waals surface area contributed by atoms with Crippen LogP contribution in [0.1, 0.15) is 31.2 Å². The Bertz CT molecular complexity index is 1140. The van der Waals surface area contributed by atoms with E-state index in [4.69, 9.17) is 0 Å². The van der Waals surface area contributed by atoms with E-state index in [2.05, 4.69) is 25.7 Å². The van der Waals surface area contributed by atoms with Crippen LogP contribution in [-0.4, -0.2) is 29.3 Å². The molecule has 1 aromatic heterocycles. The number of benzene rings is 2. The summed E-state index contributed by atoms with van der Waals surface area (Å²) >= 11 is 0. The van der Waals surface area contributed by atoms with E-state index in [1.54, 1.807) is 18.2 Å². The van der Waals surface area contributed by atoms with Gasteiger partial charge in [-0.15, -0.1) is 10.2 Å². The lowest BCUT2D eigenvalue weighted by Gasteiger charge is -2.20. The van der Waals surface area contributed by atoms with Crippen LogP contribution in [-0.2, 0) is 6.18 Å². The number of halogens is 4. The van der Waals surface area contributed by atoms with Crippen molar-refractivity contribution in [1.82, 2.24) is 10.2 Å². The molecule has 6 nitrogen and oxygen atoms in total. The van der Waals surface area contributed by atoms with E-state index in [0.29, 0.717) is 29.1 Å². The fourth-order valence-electron chi connectivity index (χ4n) is 3.82. The Morgan fingerprint density at radius 2 is 1.56 bits per heavy atom. The third-order valence-electron chi connectivity index (χ3n) is 5.53. The van der Waals surface area contributed by atoms with Gasteiger partial charge in [-0.05, 0) is 55.3 Å². The zero-order valence-electron chi connectivity index (χ0n) is 18.2. The van der Waals surface area contributed by atoms with Gasteiger partial charge in [-0.1, -0.05) is 25.0 Å². The molecule has 2 heterocycles. The molecule has 1 aliphatic rings. The Morgan fingerprint density at radius 3 is 2.21 bits per heavy atom. The number of hydrogen-bond acceptors (Lipinski definition) is 4. The molecular formula is C24H23F4N5O. The zero-order valence-corrected chi connectivity index (χ0v) is 18.2. The largest absolute Gasteiger partial charge is 0.419 e. The van der Waals surface area contributed by atoms with Crippen molar-refractivity contribution in [3.05, 3.63) is 66.0 Å². The Balaban J connectivity index is 1.43. The molecule has 0 atom stereocenters. The minimum atomic E-state index is -4.86. The first-order valence-corrected chi connectivity index (χ1v) is 10.9. The average Bonchev–Trinajstić information content (AvgIpc) is 3.09. The smallest absolute Gasteiger partial charge is 0.355 e. The summed E-state index contributed by atoms with van der Waals surface area (Å²) in [5.74, 6) is -0.578. The third kappa shape index (κ3) is 5.81. The number of alkyl halides is 3. The molecule has 0 spiro atoms. The first kappa shape index (κ1) is 23.5. The topological polar surface area (TPSA) is 70.2 Å². The molecule has 2 aromatic carbocycles. The van der Waals surface area contributed by atoms with Crippen molar-refractivity contribution >= 4 is 23.2 Å². The Hall–Kier alpha value is -3.69. The molecule has 34 heavy (non-hydrogen) atoms. The fourth-order valence-corrected chi connectivity index (χ4v) is 3.82. The molecule has 2 amide bonds. The molecule has 1 fully saturated rings. The van der Waals surface area contributed by atoms with Crippen LogP contribution in [0.25, 0.3) is 11.3 Å². The number of carbonyl (C=O) groups excluding carboxylic acids is 1. The van der Waals surface area contributed by atoms with Crippen molar-refractivity contribution < 1.29 is 22.4 Å². The van der Waals surface area contributed by atoms with Gasteiger partial charge >= 0.3 is 12.2 Å². The molecule has 2 N–H and O–H groups in total. The SMILES string of the molecule is O=C(Nc1cccc(-c2ccc(N3CCCCCC3)nn2)c1)Nc1ccc(F)c(C(F)(F)F)c1. The first-order chi connectivity index (χ1) is 16.3. The van der Waals surface area contributed by atoms with Gasteiger partial charge < -0.3 is 15.5 Å². The van der Waals surface area contributed by atoms with E-state index in [1.807, 2.05) is 18.2 Å². The first-order valence-electron chi connectivity index (χ1n) is 10.9. The van der Waals surface area contributed by atoms with Crippen LogP contribution in [0.2, 0.25) is 0 Å². The lowest BCUT2D eigenvalue weighted by atomic mass is 10.1. The third-order valence-corrected chi connectivity index (χ3v) is 5.53. The van der Waals surface area contributed by atoms with Crippen LogP contribution in [0.15, 0.2) is 54.6 Å². The minimum absolute atomic E-state index is 0.183. The molecule has 0 aliphatic carbocycles. The number of carbonyl (C=O) groups is 1. The monoisotopic (exact) mass is 473 g/mol. The summed E-state index contributed by atoms with van der Waals surface area (Å²) in [6.07, 6.45) is -0.153. The second-order valence-electron chi connectivity index (χ2n) is 8.03. The maximum atomic E-state index is 13.4. The molecule has 0 saturated carbocycles. The maximum absolute atomic E-state index is 13.4. The van der Waals surface area contributed by atoms with Crippen molar-refractivity contribution in [3.8, 4) is 11.3 Å². The highest BCUT2D eigenvalue weighted by molar-refractivity contribution is 6.00. The molecule has 1 saturated heterocycles. The number of amides is 2. The van der Waals surface area contributed by atoms with Crippen LogP contribution in [0.4, 0.5) is 39.5 Å². The van der Waals surface area contributed by atoms with Crippen molar-refractivity contribution in [2.45, 2.75) is 31.9 Å². The summed E-state index contributed by atoms with van der Waals surface area (Å²) in [7, 11) is 0. The fraction of sp³-hybridized carbons (Fsp3) is 0.292. The average molecular weight is 473 g/mol. The quantitative estimate of drug-likeness (QED) is 0.435. The molecule has 178 valence electrons. The van der Waals surface area contributed by atoms with Gasteiger partial charge in [0.25, 0.3) is 0 Å². The molecular weight excluding hydrogens is 450 g/mol. The summed E-state index contributed by atoms with van der Waals surface area (Å²) in [5.41, 5.74) is 0.114. The Morgan fingerprint density at radius 1 is 0.853 bits per heavy atom. The van der Waals surface area contributed by atoms with Gasteiger partial charge in [-0.2, -0.15) is 13.2 Å². The van der Waals surface area contributed by atoms with Gasteiger partial charge in [-0.3, -0.25) is 0 Å². The van der Waals surface area contributed by atoms with Crippen LogP contribution in [0, 0.1) is 5.82 Å². The molecule has 0 radical (unpaired) electrons. The normalized spacial score (nSPS) is 14.4. The molecule has 3 aromatic rings. The zero-order chi connectivity index (χ0) is 24.1. The van der Waals surface area contributed by atoms with Gasteiger partial charge in [0.1, 0.15) is 5.82 Å². The van der Waals surface area contributed by atoms with Gasteiger partial charge in [0.15, 0.2) is 5.82 Å². The summed E-state index contributed by atoms with van der Waals surface area (Å²) in [5, 5.41) is 13.5. The lowest BCUT2D eigenvalue weighted by molar-refractivity contribution is -0.139. The summed E-state index contributed by atoms with van der Waals surface area (Å²) in [4.78, 5) is 14.5. The number of rotatable bonds is 4. The van der Waals surface area contributed by atoms with Gasteiger partial charge in [-0.25, -0.2) is 9.18 Å². The van der Waals surface area contributed by atoms with Crippen LogP contribution >= 0.6 is 0 Å². The minimum Gasteiger partial charge on any atom is -0.355 e. The van der Waals surface area contributed by atoms with E-state index >= 15 is 0 Å². The molecule has 10 heteroatoms. The molecule has 1 aliphatic heterocycles. The molecule has 0 bridgehead atoms. The number of aromatic nitrogens is 2. The van der Waals surface area contributed by atoms with Crippen LogP contribution in [0.5, 0.6) is 0 Å². The van der Waals surface area contributed by atoms with Crippen molar-refractivity contribution in [3.63, 3.8) is 0 Å². The van der Waals surface area contributed by atoms with Gasteiger partial charge in [0, 0.05) is 30.0 Å². The highest BCUT2D eigenvalue weighted by atomic mass is 19.4. The molecule has 4 rings (SSSR count). The lowest BCUT2D eigenvalue weighted by Crippen LogP contribution is -2.25. The van der Waals surface area contributed by atoms with E-state index in [1.165, 1.54) is 12.8 Å². The van der Waals surface area contributed by atoms with E-state index in [0.717, 1.165) is 37.8 Å². The number of urea groups is 1. The predicted octanol–water partition coefficient (Wildman–Crippen LogP) is 6.33. The maximum Gasteiger partial charge on any atom is 0.419 e. The highest BCUT2D eigenvalue weighted by Gasteiger charge is 2.34. The van der Waals surface area contributed by atoms with Gasteiger partial charge in [0.2, 0.25) is 0 Å². The Kier molecular flexibility index (Phi) is 6.95. The van der Waals surface area contributed by atoms with E-state index in [9.17, 15) is 22.4 Å². The standard InChI is InChI=1S/C24H23F4N5O/c25-20-9-8-18(15-19(20)24(26,27)28)30-23(34)29-17-7-5-6-16(14-17)21-10-11-22(32-31-21)33-12-3-1-2-4-13-33/h5-11,14-15H,1-4,12-13H2,(H2,29,30,34). The summed E-state index contributed by atoms with van der Waals surface area (Å²) in [6, 6.07) is 12.1. The highest BCUT2D eigenvalue weighted by Crippen LogP contribution is 2.33. The number of nitrogens with one attached hydrogen (secondary N) is 2. The number of hydrogen-bond donors (Lipinski definition) is 2. The second kappa shape index (κ2) is 10.1. The van der Waals surface area contributed by atoms with Crippen molar-refractivity contribution in [2.75, 3.05) is 28.6 Å². The summed E-state index contributed by atoms with van der Waals surface area (Å²) in [6.45, 7) is 1.92. The van der Waals surface area contributed by atoms with E-state index < -0.39 is 23.6 Å². The van der Waals surface area contributed by atoms with Crippen LogP contribution in [0.3, 0.4) is 0 Å². The second-order valence-corrected chi connectivity index (χ2v) is 8.03. The van der Waals surface area contributed by atoms with Crippen molar-refractivity contribution in [1.29, 1.82) is 0 Å². The van der Waals surface area contributed by atoms with Crippen molar-refractivity contribution in [2.24, 2.45) is 0 Å². The van der Waals surface area contributed by atoms with Gasteiger partial charge in [0.05, 0.1) is 11.3 Å². The Labute approximate surface area is 194 Å².